The molecular weight excluding hydrogens is 256 g/mol. The van der Waals surface area contributed by atoms with Crippen molar-refractivity contribution in [2.45, 2.75) is 18.2 Å². The second kappa shape index (κ2) is 6.75. The van der Waals surface area contributed by atoms with Crippen LogP contribution in [-0.2, 0) is 21.3 Å². The van der Waals surface area contributed by atoms with E-state index in [4.69, 9.17) is 4.74 Å². The highest BCUT2D eigenvalue weighted by atomic mass is 79.9. The first-order chi connectivity index (χ1) is 7.26. The third kappa shape index (κ3) is 4.58. The number of methoxy groups -OCH3 is 1. The maximum absolute atomic E-state index is 11.2. The SMILES string of the molecule is COCC(=O)CCc1ccc(CBr)cc1. The number of ketones is 1. The Balaban J connectivity index is 2.40. The van der Waals surface area contributed by atoms with Gasteiger partial charge in [-0.2, -0.15) is 0 Å². The lowest BCUT2D eigenvalue weighted by atomic mass is 10.1. The van der Waals surface area contributed by atoms with Crippen molar-refractivity contribution >= 4 is 21.7 Å². The number of alkyl halides is 1. The van der Waals surface area contributed by atoms with Crippen molar-refractivity contribution in [2.24, 2.45) is 0 Å². The summed E-state index contributed by atoms with van der Waals surface area (Å²) in [6, 6.07) is 8.28. The van der Waals surface area contributed by atoms with Crippen LogP contribution in [0.3, 0.4) is 0 Å². The molecule has 0 saturated carbocycles. The summed E-state index contributed by atoms with van der Waals surface area (Å²) in [7, 11) is 1.54. The summed E-state index contributed by atoms with van der Waals surface area (Å²) in [6.45, 7) is 0.222. The average Bonchev–Trinajstić information content (AvgIpc) is 2.27. The van der Waals surface area contributed by atoms with E-state index in [2.05, 4.69) is 40.2 Å². The van der Waals surface area contributed by atoms with E-state index in [1.165, 1.54) is 11.1 Å². The Kier molecular flexibility index (Phi) is 5.58. The average molecular weight is 271 g/mol. The van der Waals surface area contributed by atoms with Crippen molar-refractivity contribution in [2.75, 3.05) is 13.7 Å². The lowest BCUT2D eigenvalue weighted by Crippen LogP contribution is -2.07. The summed E-state index contributed by atoms with van der Waals surface area (Å²) in [6.07, 6.45) is 1.35. The Morgan fingerprint density at radius 1 is 1.27 bits per heavy atom. The van der Waals surface area contributed by atoms with E-state index in [1.54, 1.807) is 7.11 Å². The Labute approximate surface area is 98.8 Å². The number of benzene rings is 1. The largest absolute Gasteiger partial charge is 0.377 e. The molecule has 0 unspecified atom stereocenters. The molecule has 0 amide bonds. The fourth-order valence-corrected chi connectivity index (χ4v) is 1.69. The van der Waals surface area contributed by atoms with E-state index in [0.717, 1.165) is 11.8 Å². The van der Waals surface area contributed by atoms with E-state index in [0.29, 0.717) is 6.42 Å². The fourth-order valence-electron chi connectivity index (χ4n) is 1.31. The molecule has 0 aliphatic heterocycles. The predicted octanol–water partition coefficient (Wildman–Crippen LogP) is 2.73. The molecule has 0 aliphatic rings. The summed E-state index contributed by atoms with van der Waals surface area (Å²) >= 11 is 3.39. The van der Waals surface area contributed by atoms with Gasteiger partial charge in [0.25, 0.3) is 0 Å². The lowest BCUT2D eigenvalue weighted by Gasteiger charge is -2.02. The molecule has 3 heteroatoms. The van der Waals surface area contributed by atoms with Gasteiger partial charge in [0.05, 0.1) is 0 Å². The molecule has 0 atom stereocenters. The van der Waals surface area contributed by atoms with Crippen LogP contribution in [0.2, 0.25) is 0 Å². The first kappa shape index (κ1) is 12.4. The molecule has 0 aromatic heterocycles. The van der Waals surface area contributed by atoms with Gasteiger partial charge in [0.1, 0.15) is 6.61 Å². The molecule has 0 heterocycles. The highest BCUT2D eigenvalue weighted by molar-refractivity contribution is 9.08. The number of Topliss-reactive ketones (excluding diaryl/α,β-unsaturated/α-hetero) is 1. The lowest BCUT2D eigenvalue weighted by molar-refractivity contribution is -0.122. The first-order valence-corrected chi connectivity index (χ1v) is 6.03. The van der Waals surface area contributed by atoms with Crippen LogP contribution in [0.1, 0.15) is 17.5 Å². The number of carbonyl (C=O) groups is 1. The smallest absolute Gasteiger partial charge is 0.158 e. The minimum atomic E-state index is 0.155. The molecule has 0 spiro atoms. The van der Waals surface area contributed by atoms with Crippen LogP contribution in [0.4, 0.5) is 0 Å². The van der Waals surface area contributed by atoms with Crippen LogP contribution in [0, 0.1) is 0 Å². The van der Waals surface area contributed by atoms with Gasteiger partial charge in [-0.1, -0.05) is 40.2 Å². The second-order valence-corrected chi connectivity index (χ2v) is 3.98. The van der Waals surface area contributed by atoms with Crippen molar-refractivity contribution < 1.29 is 9.53 Å². The van der Waals surface area contributed by atoms with Crippen LogP contribution >= 0.6 is 15.9 Å². The minimum absolute atomic E-state index is 0.155. The van der Waals surface area contributed by atoms with Gasteiger partial charge in [0, 0.05) is 18.9 Å². The molecular formula is C12H15BrO2. The highest BCUT2D eigenvalue weighted by Crippen LogP contribution is 2.09. The number of halogens is 1. The van der Waals surface area contributed by atoms with Gasteiger partial charge in [-0.05, 0) is 17.5 Å². The van der Waals surface area contributed by atoms with Crippen LogP contribution in [0.15, 0.2) is 24.3 Å². The molecule has 0 fully saturated rings. The first-order valence-electron chi connectivity index (χ1n) is 4.90. The molecule has 0 N–H and O–H groups in total. The Morgan fingerprint density at radius 2 is 1.87 bits per heavy atom. The molecule has 82 valence electrons. The van der Waals surface area contributed by atoms with E-state index in [9.17, 15) is 4.79 Å². The van der Waals surface area contributed by atoms with Crippen LogP contribution in [0.5, 0.6) is 0 Å². The van der Waals surface area contributed by atoms with Crippen molar-refractivity contribution in [3.05, 3.63) is 35.4 Å². The number of aryl methyl sites for hydroxylation is 1. The molecule has 2 nitrogen and oxygen atoms in total. The second-order valence-electron chi connectivity index (χ2n) is 3.42. The minimum Gasteiger partial charge on any atom is -0.377 e. The Hall–Kier alpha value is -0.670. The Bertz CT molecular complexity index is 306. The van der Waals surface area contributed by atoms with Crippen LogP contribution in [-0.4, -0.2) is 19.5 Å². The van der Waals surface area contributed by atoms with E-state index < -0.39 is 0 Å². The monoisotopic (exact) mass is 270 g/mol. The molecule has 1 aromatic carbocycles. The topological polar surface area (TPSA) is 26.3 Å². The molecule has 0 bridgehead atoms. The van der Waals surface area contributed by atoms with Crippen molar-refractivity contribution in [1.29, 1.82) is 0 Å². The zero-order valence-corrected chi connectivity index (χ0v) is 10.4. The van der Waals surface area contributed by atoms with Crippen LogP contribution in [0.25, 0.3) is 0 Å². The number of carbonyl (C=O) groups excluding carboxylic acids is 1. The van der Waals surface area contributed by atoms with Gasteiger partial charge in [-0.25, -0.2) is 0 Å². The van der Waals surface area contributed by atoms with Crippen molar-refractivity contribution in [3.8, 4) is 0 Å². The number of rotatable bonds is 6. The highest BCUT2D eigenvalue weighted by Gasteiger charge is 2.01. The molecule has 1 rings (SSSR count). The fraction of sp³-hybridized carbons (Fsp3) is 0.417. The van der Waals surface area contributed by atoms with Crippen LogP contribution < -0.4 is 0 Å². The zero-order chi connectivity index (χ0) is 11.1. The van der Waals surface area contributed by atoms with Gasteiger partial charge in [0.2, 0.25) is 0 Å². The van der Waals surface area contributed by atoms with Gasteiger partial charge < -0.3 is 4.74 Å². The van der Waals surface area contributed by atoms with Crippen molar-refractivity contribution in [1.82, 2.24) is 0 Å². The van der Waals surface area contributed by atoms with E-state index in [-0.39, 0.29) is 12.4 Å². The molecule has 0 radical (unpaired) electrons. The summed E-state index contributed by atoms with van der Waals surface area (Å²) in [4.78, 5) is 11.2. The van der Waals surface area contributed by atoms with Gasteiger partial charge in [0.15, 0.2) is 5.78 Å². The molecule has 0 aliphatic carbocycles. The van der Waals surface area contributed by atoms with E-state index in [1.807, 2.05) is 0 Å². The number of hydrogen-bond donors (Lipinski definition) is 0. The normalized spacial score (nSPS) is 10.3. The maximum Gasteiger partial charge on any atom is 0.158 e. The predicted molar refractivity (Wildman–Crippen MR) is 64.3 cm³/mol. The summed E-state index contributed by atoms with van der Waals surface area (Å²) in [5, 5.41) is 0.871. The number of hydrogen-bond acceptors (Lipinski definition) is 2. The van der Waals surface area contributed by atoms with E-state index >= 15 is 0 Å². The third-order valence-corrected chi connectivity index (χ3v) is 2.82. The summed E-state index contributed by atoms with van der Waals surface area (Å²) in [5.41, 5.74) is 2.45. The summed E-state index contributed by atoms with van der Waals surface area (Å²) in [5.74, 6) is 0.155. The quantitative estimate of drug-likeness (QED) is 0.744. The standard InChI is InChI=1S/C12H15BrO2/c1-15-9-12(14)7-6-10-2-4-11(8-13)5-3-10/h2-5H,6-9H2,1H3. The van der Waals surface area contributed by atoms with Gasteiger partial charge in [-0.15, -0.1) is 0 Å². The zero-order valence-electron chi connectivity index (χ0n) is 8.83. The maximum atomic E-state index is 11.2. The molecule has 15 heavy (non-hydrogen) atoms. The number of ether oxygens (including phenoxy) is 1. The Morgan fingerprint density at radius 3 is 2.40 bits per heavy atom. The molecule has 0 saturated heterocycles. The van der Waals surface area contributed by atoms with Crippen molar-refractivity contribution in [3.63, 3.8) is 0 Å². The van der Waals surface area contributed by atoms with Gasteiger partial charge in [-0.3, -0.25) is 4.79 Å². The van der Waals surface area contributed by atoms with Gasteiger partial charge >= 0.3 is 0 Å². The molecule has 1 aromatic rings. The summed E-state index contributed by atoms with van der Waals surface area (Å²) < 4.78 is 4.77. The third-order valence-electron chi connectivity index (χ3n) is 2.18.